The van der Waals surface area contributed by atoms with Gasteiger partial charge in [-0.25, -0.2) is 4.79 Å². The monoisotopic (exact) mass is 265 g/mol. The molecule has 0 radical (unpaired) electrons. The molecule has 0 saturated heterocycles. The molecule has 2 heterocycles. The van der Waals surface area contributed by atoms with Gasteiger partial charge >= 0.3 is 5.69 Å². The maximum absolute atomic E-state index is 12.1. The van der Waals surface area contributed by atoms with Crippen molar-refractivity contribution in [1.82, 2.24) is 19.5 Å². The number of hydrogen-bond donors (Lipinski definition) is 3. The Labute approximate surface area is 107 Å². The van der Waals surface area contributed by atoms with Gasteiger partial charge in [-0.05, 0) is 6.42 Å². The van der Waals surface area contributed by atoms with E-state index in [0.717, 1.165) is 17.4 Å². The van der Waals surface area contributed by atoms with E-state index in [4.69, 9.17) is 0 Å². The Hall–Kier alpha value is -2.38. The Kier molecular flexibility index (Phi) is 3.50. The maximum atomic E-state index is 12.1. The largest absolute Gasteiger partial charge is 0.330 e. The molecule has 8 heteroatoms. The van der Waals surface area contributed by atoms with Crippen molar-refractivity contribution in [3.63, 3.8) is 0 Å². The lowest BCUT2D eigenvalue weighted by Gasteiger charge is -2.01. The van der Waals surface area contributed by atoms with Crippen LogP contribution in [0.25, 0.3) is 11.2 Å². The number of nitrogens with one attached hydrogen (secondary N) is 3. The van der Waals surface area contributed by atoms with Crippen molar-refractivity contribution in [3.05, 3.63) is 20.8 Å². The third-order valence-corrected chi connectivity index (χ3v) is 2.66. The van der Waals surface area contributed by atoms with E-state index in [2.05, 4.69) is 20.3 Å². The standard InChI is InChI=1S/C11H15N5O3/c1-3-4-5-16-9(18)7-8(15-11(16)19)14-10(13-7)12-6(2)17/h3-5H2,1-2H3,(H,15,19)(H2,12,13,14,17). The minimum atomic E-state index is -0.494. The van der Waals surface area contributed by atoms with Gasteiger partial charge in [-0.1, -0.05) is 13.3 Å². The molecule has 3 N–H and O–H groups in total. The van der Waals surface area contributed by atoms with E-state index in [1.165, 1.54) is 6.92 Å². The number of nitrogens with zero attached hydrogens (tertiary/aromatic N) is 2. The Bertz CT molecular complexity index is 724. The quantitative estimate of drug-likeness (QED) is 0.731. The van der Waals surface area contributed by atoms with Crippen LogP contribution in [0.4, 0.5) is 5.95 Å². The van der Waals surface area contributed by atoms with E-state index < -0.39 is 11.2 Å². The van der Waals surface area contributed by atoms with Crippen LogP contribution in [0.15, 0.2) is 9.59 Å². The average Bonchev–Trinajstić information content (AvgIpc) is 2.70. The predicted octanol–water partition coefficient (Wildman–Crippen LogP) is 0.171. The van der Waals surface area contributed by atoms with Crippen molar-refractivity contribution < 1.29 is 4.79 Å². The van der Waals surface area contributed by atoms with Crippen LogP contribution in [0, 0.1) is 0 Å². The minimum absolute atomic E-state index is 0.142. The number of aromatic nitrogens is 4. The van der Waals surface area contributed by atoms with E-state index >= 15 is 0 Å². The van der Waals surface area contributed by atoms with Crippen molar-refractivity contribution in [1.29, 1.82) is 0 Å². The first kappa shape index (κ1) is 13.1. The molecule has 0 atom stereocenters. The molecule has 0 saturated carbocycles. The molecule has 1 amide bonds. The van der Waals surface area contributed by atoms with Crippen molar-refractivity contribution in [3.8, 4) is 0 Å². The van der Waals surface area contributed by atoms with Crippen molar-refractivity contribution in [2.45, 2.75) is 33.2 Å². The summed E-state index contributed by atoms with van der Waals surface area (Å²) in [5, 5.41) is 2.43. The number of rotatable bonds is 4. The zero-order chi connectivity index (χ0) is 14.0. The lowest BCUT2D eigenvalue weighted by Crippen LogP contribution is -2.35. The van der Waals surface area contributed by atoms with Crippen molar-refractivity contribution in [2.24, 2.45) is 0 Å². The highest BCUT2D eigenvalue weighted by atomic mass is 16.2. The summed E-state index contributed by atoms with van der Waals surface area (Å²) in [6.07, 6.45) is 1.62. The zero-order valence-corrected chi connectivity index (χ0v) is 10.7. The van der Waals surface area contributed by atoms with Crippen LogP contribution in [0.5, 0.6) is 0 Å². The molecule has 0 aliphatic rings. The summed E-state index contributed by atoms with van der Waals surface area (Å²) in [5.74, 6) is -0.170. The molecule has 0 spiro atoms. The first-order chi connectivity index (χ1) is 9.02. The van der Waals surface area contributed by atoms with Gasteiger partial charge in [0.2, 0.25) is 11.9 Å². The third-order valence-electron chi connectivity index (χ3n) is 2.66. The number of aromatic amines is 2. The summed E-state index contributed by atoms with van der Waals surface area (Å²) >= 11 is 0. The number of fused-ring (bicyclic) bond motifs is 1. The third kappa shape index (κ3) is 2.56. The van der Waals surface area contributed by atoms with Gasteiger partial charge in [0.15, 0.2) is 11.2 Å². The van der Waals surface area contributed by atoms with E-state index in [1.807, 2.05) is 6.92 Å². The topological polar surface area (TPSA) is 113 Å². The van der Waals surface area contributed by atoms with E-state index in [9.17, 15) is 14.4 Å². The molecular formula is C11H15N5O3. The molecule has 2 aromatic rings. The SMILES string of the molecule is CCCCn1c(=O)[nH]c2nc(NC(C)=O)[nH]c2c1=O. The number of unbranched alkanes of at least 4 members (excludes halogenated alkanes) is 1. The van der Waals surface area contributed by atoms with Crippen LogP contribution in [-0.4, -0.2) is 25.4 Å². The summed E-state index contributed by atoms with van der Waals surface area (Å²) < 4.78 is 1.13. The first-order valence-electron chi connectivity index (χ1n) is 6.03. The van der Waals surface area contributed by atoms with Crippen LogP contribution in [-0.2, 0) is 11.3 Å². The zero-order valence-electron chi connectivity index (χ0n) is 10.7. The van der Waals surface area contributed by atoms with Gasteiger partial charge in [0.25, 0.3) is 5.56 Å². The lowest BCUT2D eigenvalue weighted by molar-refractivity contribution is -0.114. The Morgan fingerprint density at radius 2 is 2.11 bits per heavy atom. The Morgan fingerprint density at radius 3 is 2.74 bits per heavy atom. The Balaban J connectivity index is 2.54. The number of amides is 1. The minimum Gasteiger partial charge on any atom is -0.318 e. The van der Waals surface area contributed by atoms with Crippen LogP contribution in [0.2, 0.25) is 0 Å². The second kappa shape index (κ2) is 5.09. The fraction of sp³-hybridized carbons (Fsp3) is 0.455. The summed E-state index contributed by atoms with van der Waals surface area (Å²) in [6.45, 7) is 3.66. The molecule has 0 aliphatic heterocycles. The summed E-state index contributed by atoms with van der Waals surface area (Å²) in [5.41, 5.74) is -0.603. The highest BCUT2D eigenvalue weighted by molar-refractivity contribution is 5.88. The summed E-state index contributed by atoms with van der Waals surface area (Å²) in [6, 6.07) is 0. The van der Waals surface area contributed by atoms with Gasteiger partial charge in [-0.2, -0.15) is 4.98 Å². The molecule has 8 nitrogen and oxygen atoms in total. The van der Waals surface area contributed by atoms with Gasteiger partial charge in [0, 0.05) is 13.5 Å². The molecule has 0 bridgehead atoms. The number of carbonyl (C=O) groups excluding carboxylic acids is 1. The fourth-order valence-corrected chi connectivity index (χ4v) is 1.76. The first-order valence-corrected chi connectivity index (χ1v) is 6.03. The van der Waals surface area contributed by atoms with Crippen molar-refractivity contribution in [2.75, 3.05) is 5.32 Å². The van der Waals surface area contributed by atoms with E-state index in [-0.39, 0.29) is 23.0 Å². The summed E-state index contributed by atoms with van der Waals surface area (Å²) in [7, 11) is 0. The van der Waals surface area contributed by atoms with Crippen LogP contribution in [0.1, 0.15) is 26.7 Å². The highest BCUT2D eigenvalue weighted by Crippen LogP contribution is 2.06. The number of anilines is 1. The van der Waals surface area contributed by atoms with E-state index in [0.29, 0.717) is 6.54 Å². The van der Waals surface area contributed by atoms with Crippen LogP contribution < -0.4 is 16.6 Å². The number of hydrogen-bond acceptors (Lipinski definition) is 4. The van der Waals surface area contributed by atoms with Crippen molar-refractivity contribution >= 4 is 23.0 Å². The van der Waals surface area contributed by atoms with Gasteiger partial charge in [0.1, 0.15) is 0 Å². The normalized spacial score (nSPS) is 10.8. The van der Waals surface area contributed by atoms with Gasteiger partial charge < -0.3 is 4.98 Å². The highest BCUT2D eigenvalue weighted by Gasteiger charge is 2.12. The van der Waals surface area contributed by atoms with Gasteiger partial charge in [-0.3, -0.25) is 24.5 Å². The molecule has 2 aromatic heterocycles. The van der Waals surface area contributed by atoms with Crippen LogP contribution >= 0.6 is 0 Å². The molecule has 0 unspecified atom stereocenters. The average molecular weight is 265 g/mol. The molecule has 2 rings (SSSR count). The second-order valence-corrected chi connectivity index (χ2v) is 4.23. The van der Waals surface area contributed by atoms with Crippen LogP contribution in [0.3, 0.4) is 0 Å². The number of H-pyrrole nitrogens is 2. The molecule has 102 valence electrons. The van der Waals surface area contributed by atoms with Gasteiger partial charge in [0.05, 0.1) is 0 Å². The van der Waals surface area contributed by atoms with E-state index in [1.54, 1.807) is 0 Å². The predicted molar refractivity (Wildman–Crippen MR) is 70.2 cm³/mol. The van der Waals surface area contributed by atoms with Gasteiger partial charge in [-0.15, -0.1) is 0 Å². The molecule has 0 fully saturated rings. The number of carbonyl (C=O) groups is 1. The number of imidazole rings is 1. The Morgan fingerprint density at radius 1 is 1.37 bits per heavy atom. The second-order valence-electron chi connectivity index (χ2n) is 4.23. The molecule has 19 heavy (non-hydrogen) atoms. The lowest BCUT2D eigenvalue weighted by atomic mass is 10.3. The molecule has 0 aliphatic carbocycles. The molecular weight excluding hydrogens is 250 g/mol. The fourth-order valence-electron chi connectivity index (χ4n) is 1.76. The maximum Gasteiger partial charge on any atom is 0.330 e. The smallest absolute Gasteiger partial charge is 0.318 e. The molecule has 0 aromatic carbocycles. The summed E-state index contributed by atoms with van der Waals surface area (Å²) in [4.78, 5) is 43.9.